The summed E-state index contributed by atoms with van der Waals surface area (Å²) in [4.78, 5) is 4.66. The number of aliphatic imine (C=N–C) groups is 1. The Kier molecular flexibility index (Phi) is 3.63. The number of thioether (sulfide) groups is 1. The number of nitrogens with zero attached hydrogens (tertiary/aromatic N) is 1. The van der Waals surface area contributed by atoms with Crippen molar-refractivity contribution in [1.29, 1.82) is 0 Å². The van der Waals surface area contributed by atoms with Crippen LogP contribution in [0.25, 0.3) is 0 Å². The number of rotatable bonds is 3. The van der Waals surface area contributed by atoms with Gasteiger partial charge in [0, 0.05) is 5.25 Å². The molecular weight excluding hydrogens is 166 g/mol. The van der Waals surface area contributed by atoms with E-state index in [1.54, 1.807) is 0 Å². The van der Waals surface area contributed by atoms with E-state index in [2.05, 4.69) is 32.7 Å². The van der Waals surface area contributed by atoms with Gasteiger partial charge in [-0.15, -0.1) is 11.8 Å². The largest absolute Gasteiger partial charge is 0.279 e. The zero-order valence-electron chi connectivity index (χ0n) is 8.50. The third-order valence-corrected chi connectivity index (χ3v) is 3.73. The number of hydrogen-bond donors (Lipinski definition) is 0. The van der Waals surface area contributed by atoms with E-state index >= 15 is 0 Å². The molecule has 0 spiro atoms. The summed E-state index contributed by atoms with van der Waals surface area (Å²) in [6.07, 6.45) is 2.42. The lowest BCUT2D eigenvalue weighted by molar-refractivity contribution is 0.670. The van der Waals surface area contributed by atoms with Crippen LogP contribution in [0.5, 0.6) is 0 Å². The minimum atomic E-state index is 0.550. The minimum absolute atomic E-state index is 0.550. The Morgan fingerprint density at radius 2 is 2.17 bits per heavy atom. The molecule has 1 heterocycles. The van der Waals surface area contributed by atoms with E-state index in [9.17, 15) is 0 Å². The maximum atomic E-state index is 4.66. The molecular formula is C10H19NS. The summed E-state index contributed by atoms with van der Waals surface area (Å²) in [5.74, 6) is 0.749. The Morgan fingerprint density at radius 1 is 1.50 bits per heavy atom. The monoisotopic (exact) mass is 185 g/mol. The van der Waals surface area contributed by atoms with E-state index in [4.69, 9.17) is 0 Å². The fourth-order valence-corrected chi connectivity index (χ4v) is 2.92. The molecule has 0 aromatic carbocycles. The van der Waals surface area contributed by atoms with Gasteiger partial charge in [-0.25, -0.2) is 0 Å². The van der Waals surface area contributed by atoms with Crippen LogP contribution in [0.4, 0.5) is 0 Å². The summed E-state index contributed by atoms with van der Waals surface area (Å²) in [6, 6.07) is 0.550. The molecule has 0 saturated carbocycles. The minimum Gasteiger partial charge on any atom is -0.279 e. The van der Waals surface area contributed by atoms with Gasteiger partial charge in [0.2, 0.25) is 0 Å². The normalized spacial score (nSPS) is 29.6. The zero-order valence-corrected chi connectivity index (χ0v) is 9.32. The van der Waals surface area contributed by atoms with Gasteiger partial charge in [-0.1, -0.05) is 20.8 Å². The van der Waals surface area contributed by atoms with E-state index < -0.39 is 0 Å². The van der Waals surface area contributed by atoms with Crippen molar-refractivity contribution >= 4 is 16.8 Å². The Bertz CT molecular complexity index is 175. The van der Waals surface area contributed by atoms with E-state index in [1.165, 1.54) is 17.9 Å². The summed E-state index contributed by atoms with van der Waals surface area (Å²) in [5.41, 5.74) is 0. The van der Waals surface area contributed by atoms with E-state index in [-0.39, 0.29) is 0 Å². The molecule has 0 aromatic heterocycles. The summed E-state index contributed by atoms with van der Waals surface area (Å²) < 4.78 is 0. The third-order valence-electron chi connectivity index (χ3n) is 2.16. The lowest BCUT2D eigenvalue weighted by atomic mass is 10.1. The van der Waals surface area contributed by atoms with Crippen LogP contribution >= 0.6 is 11.8 Å². The van der Waals surface area contributed by atoms with Crippen molar-refractivity contribution in [2.24, 2.45) is 10.9 Å². The molecule has 0 saturated heterocycles. The van der Waals surface area contributed by atoms with Crippen molar-refractivity contribution in [1.82, 2.24) is 0 Å². The average molecular weight is 185 g/mol. The van der Waals surface area contributed by atoms with Crippen LogP contribution < -0.4 is 0 Å². The molecule has 2 heteroatoms. The maximum Gasteiger partial charge on any atom is 0.0685 e. The molecule has 0 radical (unpaired) electrons. The molecule has 1 aliphatic rings. The average Bonchev–Trinajstić information content (AvgIpc) is 2.29. The van der Waals surface area contributed by atoms with Gasteiger partial charge >= 0.3 is 0 Å². The summed E-state index contributed by atoms with van der Waals surface area (Å²) in [5, 5.41) is 2.13. The molecule has 12 heavy (non-hydrogen) atoms. The first kappa shape index (κ1) is 10.1. The highest BCUT2D eigenvalue weighted by Crippen LogP contribution is 2.31. The SMILES string of the molecule is CC[C@H]1SC(CC(C)C)=N[C@@H]1C. The Labute approximate surface area is 80.0 Å². The second kappa shape index (κ2) is 4.31. The van der Waals surface area contributed by atoms with Gasteiger partial charge in [-0.05, 0) is 25.7 Å². The van der Waals surface area contributed by atoms with Crippen molar-refractivity contribution in [3.8, 4) is 0 Å². The predicted octanol–water partition coefficient (Wildman–Crippen LogP) is 3.34. The van der Waals surface area contributed by atoms with E-state index in [1.807, 2.05) is 11.8 Å². The summed E-state index contributed by atoms with van der Waals surface area (Å²) in [7, 11) is 0. The molecule has 0 fully saturated rings. The van der Waals surface area contributed by atoms with Crippen LogP contribution in [0, 0.1) is 5.92 Å². The van der Waals surface area contributed by atoms with Crippen molar-refractivity contribution in [3.63, 3.8) is 0 Å². The molecule has 70 valence electrons. The van der Waals surface area contributed by atoms with Crippen molar-refractivity contribution in [2.75, 3.05) is 0 Å². The molecule has 0 unspecified atom stereocenters. The van der Waals surface area contributed by atoms with Gasteiger partial charge in [0.25, 0.3) is 0 Å². The molecule has 1 aliphatic heterocycles. The van der Waals surface area contributed by atoms with Crippen LogP contribution in [0.1, 0.15) is 40.5 Å². The van der Waals surface area contributed by atoms with Gasteiger partial charge in [0.15, 0.2) is 0 Å². The fraction of sp³-hybridized carbons (Fsp3) is 0.900. The van der Waals surface area contributed by atoms with E-state index in [0.717, 1.165) is 11.2 Å². The highest BCUT2D eigenvalue weighted by molar-refractivity contribution is 8.14. The molecule has 0 bridgehead atoms. The van der Waals surface area contributed by atoms with Gasteiger partial charge in [0.1, 0.15) is 0 Å². The lowest BCUT2D eigenvalue weighted by Gasteiger charge is -2.09. The van der Waals surface area contributed by atoms with E-state index in [0.29, 0.717) is 6.04 Å². The van der Waals surface area contributed by atoms with Crippen molar-refractivity contribution < 1.29 is 0 Å². The molecule has 0 N–H and O–H groups in total. The first-order valence-corrected chi connectivity index (χ1v) is 5.74. The highest BCUT2D eigenvalue weighted by Gasteiger charge is 2.24. The smallest absolute Gasteiger partial charge is 0.0685 e. The lowest BCUT2D eigenvalue weighted by Crippen LogP contribution is -2.11. The Balaban J connectivity index is 2.44. The first-order chi connectivity index (χ1) is 5.63. The topological polar surface area (TPSA) is 12.4 Å². The predicted molar refractivity (Wildman–Crippen MR) is 58.0 cm³/mol. The molecule has 1 nitrogen and oxygen atoms in total. The quantitative estimate of drug-likeness (QED) is 0.657. The van der Waals surface area contributed by atoms with Gasteiger partial charge in [-0.2, -0.15) is 0 Å². The van der Waals surface area contributed by atoms with Gasteiger partial charge in [0.05, 0.1) is 11.1 Å². The van der Waals surface area contributed by atoms with Crippen LogP contribution in [0.15, 0.2) is 4.99 Å². The second-order valence-corrected chi connectivity index (χ2v) is 5.24. The third kappa shape index (κ3) is 2.51. The van der Waals surface area contributed by atoms with Crippen LogP contribution in [-0.4, -0.2) is 16.3 Å². The zero-order chi connectivity index (χ0) is 9.14. The summed E-state index contributed by atoms with van der Waals surface area (Å²) >= 11 is 2.00. The second-order valence-electron chi connectivity index (χ2n) is 3.93. The maximum absolute atomic E-state index is 4.66. The molecule has 0 aliphatic carbocycles. The standard InChI is InChI=1S/C10H19NS/c1-5-9-8(4)11-10(12-9)6-7(2)3/h7-9H,5-6H2,1-4H3/t8-,9-/m1/s1. The van der Waals surface area contributed by atoms with Crippen LogP contribution in [0.3, 0.4) is 0 Å². The summed E-state index contributed by atoms with van der Waals surface area (Å²) in [6.45, 7) is 9.00. The van der Waals surface area contributed by atoms with Crippen molar-refractivity contribution in [3.05, 3.63) is 0 Å². The van der Waals surface area contributed by atoms with Crippen LogP contribution in [0.2, 0.25) is 0 Å². The first-order valence-electron chi connectivity index (χ1n) is 4.86. The fourth-order valence-electron chi connectivity index (χ4n) is 1.49. The molecule has 0 amide bonds. The van der Waals surface area contributed by atoms with Gasteiger partial charge < -0.3 is 0 Å². The highest BCUT2D eigenvalue weighted by atomic mass is 32.2. The molecule has 1 rings (SSSR count). The molecule has 2 atom stereocenters. The Hall–Kier alpha value is 0.0200. The number of hydrogen-bond acceptors (Lipinski definition) is 2. The van der Waals surface area contributed by atoms with Crippen LogP contribution in [-0.2, 0) is 0 Å². The Morgan fingerprint density at radius 3 is 2.58 bits per heavy atom. The van der Waals surface area contributed by atoms with Gasteiger partial charge in [-0.3, -0.25) is 4.99 Å². The van der Waals surface area contributed by atoms with Crippen molar-refractivity contribution in [2.45, 2.75) is 51.8 Å². The molecule has 0 aromatic rings.